The maximum absolute atomic E-state index is 10.6. The van der Waals surface area contributed by atoms with E-state index in [1.165, 1.54) is 0 Å². The molecule has 3 aliphatic carbocycles. The van der Waals surface area contributed by atoms with Gasteiger partial charge in [-0.25, -0.2) is 0 Å². The molecule has 0 aromatic carbocycles. The van der Waals surface area contributed by atoms with Crippen molar-refractivity contribution < 1.29 is 30.6 Å². The largest absolute Gasteiger partial charge is 0.393 e. The highest BCUT2D eigenvalue weighted by Gasteiger charge is 2.38. The summed E-state index contributed by atoms with van der Waals surface area (Å²) in [6, 6.07) is 0. The molecular weight excluding hydrogens is 360 g/mol. The maximum Gasteiger partial charge on any atom is 0.0595 e. The van der Waals surface area contributed by atoms with Crippen LogP contribution < -0.4 is 0 Å². The van der Waals surface area contributed by atoms with Crippen LogP contribution in [0.5, 0.6) is 0 Å². The first-order valence-electron chi connectivity index (χ1n) is 11.4. The summed E-state index contributed by atoms with van der Waals surface area (Å²) in [6.07, 6.45) is 5.80. The van der Waals surface area contributed by atoms with Gasteiger partial charge in [0, 0.05) is 0 Å². The number of aliphatic hydroxyl groups excluding tert-OH is 6. The van der Waals surface area contributed by atoms with Crippen molar-refractivity contribution in [2.24, 2.45) is 23.7 Å². The molecule has 6 heteroatoms. The molecule has 3 aliphatic rings. The molecule has 0 aromatic rings. The van der Waals surface area contributed by atoms with Crippen LogP contribution in [0, 0.1) is 23.7 Å². The second kappa shape index (κ2) is 10.2. The smallest absolute Gasteiger partial charge is 0.0595 e. The first kappa shape index (κ1) is 22.4. The lowest BCUT2D eigenvalue weighted by Gasteiger charge is -2.41. The lowest BCUT2D eigenvalue weighted by atomic mass is 9.68. The Labute approximate surface area is 168 Å². The van der Waals surface area contributed by atoms with E-state index in [1.54, 1.807) is 0 Å². The number of rotatable bonds is 6. The highest BCUT2D eigenvalue weighted by Crippen LogP contribution is 2.41. The fourth-order valence-corrected chi connectivity index (χ4v) is 6.01. The predicted octanol–water partition coefficient (Wildman–Crippen LogP) is 1.34. The Morgan fingerprint density at radius 3 is 1.61 bits per heavy atom. The highest BCUT2D eigenvalue weighted by molar-refractivity contribution is 4.89. The van der Waals surface area contributed by atoms with Crippen molar-refractivity contribution >= 4 is 0 Å². The molecular formula is C22H40O6. The van der Waals surface area contributed by atoms with Crippen molar-refractivity contribution in [2.45, 2.75) is 114 Å². The topological polar surface area (TPSA) is 121 Å². The third-order valence-electron chi connectivity index (χ3n) is 7.82. The van der Waals surface area contributed by atoms with E-state index in [4.69, 9.17) is 0 Å². The van der Waals surface area contributed by atoms with Crippen molar-refractivity contribution in [1.82, 2.24) is 0 Å². The van der Waals surface area contributed by atoms with Gasteiger partial charge in [-0.15, -0.1) is 0 Å². The summed E-state index contributed by atoms with van der Waals surface area (Å²) in [7, 11) is 0. The summed E-state index contributed by atoms with van der Waals surface area (Å²) in [5.41, 5.74) is 0. The predicted molar refractivity (Wildman–Crippen MR) is 105 cm³/mol. The number of hydrogen-bond donors (Lipinski definition) is 6. The van der Waals surface area contributed by atoms with Gasteiger partial charge in [0.25, 0.3) is 0 Å². The van der Waals surface area contributed by atoms with Gasteiger partial charge in [-0.1, -0.05) is 0 Å². The van der Waals surface area contributed by atoms with E-state index in [0.717, 1.165) is 51.4 Å². The van der Waals surface area contributed by atoms with Crippen LogP contribution in [0.3, 0.4) is 0 Å². The Hall–Kier alpha value is -0.240. The minimum Gasteiger partial charge on any atom is -0.393 e. The van der Waals surface area contributed by atoms with E-state index in [0.29, 0.717) is 25.7 Å². The fourth-order valence-electron chi connectivity index (χ4n) is 6.01. The number of aliphatic hydroxyl groups is 6. The van der Waals surface area contributed by atoms with Crippen LogP contribution in [0.2, 0.25) is 0 Å². The Morgan fingerprint density at radius 2 is 1.07 bits per heavy atom. The van der Waals surface area contributed by atoms with Crippen molar-refractivity contribution in [3.05, 3.63) is 0 Å². The summed E-state index contributed by atoms with van der Waals surface area (Å²) in [5.74, 6) is 0.700. The van der Waals surface area contributed by atoms with Gasteiger partial charge in [-0.05, 0) is 101 Å². The molecule has 3 fully saturated rings. The molecule has 0 saturated heterocycles. The monoisotopic (exact) mass is 400 g/mol. The highest BCUT2D eigenvalue weighted by atomic mass is 16.3. The average Bonchev–Trinajstić information content (AvgIpc) is 2.62. The summed E-state index contributed by atoms with van der Waals surface area (Å²) in [6.45, 7) is 0. The van der Waals surface area contributed by atoms with Crippen LogP contribution in [0.15, 0.2) is 0 Å². The lowest BCUT2D eigenvalue weighted by molar-refractivity contribution is -0.0477. The van der Waals surface area contributed by atoms with Crippen molar-refractivity contribution in [3.63, 3.8) is 0 Å². The summed E-state index contributed by atoms with van der Waals surface area (Å²) >= 11 is 0. The van der Waals surface area contributed by atoms with Crippen molar-refractivity contribution in [1.29, 1.82) is 0 Å². The third kappa shape index (κ3) is 5.89. The molecule has 0 spiro atoms. The molecule has 0 aromatic heterocycles. The van der Waals surface area contributed by atoms with Crippen molar-refractivity contribution in [2.75, 3.05) is 0 Å². The van der Waals surface area contributed by atoms with E-state index in [2.05, 4.69) is 0 Å². The summed E-state index contributed by atoms with van der Waals surface area (Å²) in [4.78, 5) is 0. The van der Waals surface area contributed by atoms with Crippen LogP contribution in [-0.4, -0.2) is 67.3 Å². The van der Waals surface area contributed by atoms with Gasteiger partial charge in [0.1, 0.15) is 0 Å². The zero-order chi connectivity index (χ0) is 20.3. The van der Waals surface area contributed by atoms with Gasteiger partial charge in [-0.3, -0.25) is 0 Å². The fraction of sp³-hybridized carbons (Fsp3) is 1.00. The molecule has 10 unspecified atom stereocenters. The van der Waals surface area contributed by atoms with E-state index in [1.807, 2.05) is 0 Å². The molecule has 10 atom stereocenters. The van der Waals surface area contributed by atoms with E-state index in [9.17, 15) is 30.6 Å². The minimum atomic E-state index is -0.516. The second-order valence-corrected chi connectivity index (χ2v) is 9.86. The zero-order valence-electron chi connectivity index (χ0n) is 16.9. The van der Waals surface area contributed by atoms with Gasteiger partial charge in [0.05, 0.1) is 36.6 Å². The lowest BCUT2D eigenvalue weighted by Crippen LogP contribution is -2.40. The summed E-state index contributed by atoms with van der Waals surface area (Å²) in [5, 5.41) is 60.8. The van der Waals surface area contributed by atoms with Gasteiger partial charge in [0.15, 0.2) is 0 Å². The molecule has 0 bridgehead atoms. The molecule has 28 heavy (non-hydrogen) atoms. The molecule has 0 amide bonds. The minimum absolute atomic E-state index is 0.119. The quantitative estimate of drug-likeness (QED) is 0.400. The van der Waals surface area contributed by atoms with Crippen LogP contribution >= 0.6 is 0 Å². The van der Waals surface area contributed by atoms with Crippen LogP contribution in [0.25, 0.3) is 0 Å². The van der Waals surface area contributed by atoms with E-state index in [-0.39, 0.29) is 23.7 Å². The van der Waals surface area contributed by atoms with Crippen LogP contribution in [0.1, 0.15) is 77.0 Å². The first-order valence-corrected chi connectivity index (χ1v) is 11.4. The van der Waals surface area contributed by atoms with Crippen LogP contribution in [0.4, 0.5) is 0 Å². The Kier molecular flexibility index (Phi) is 8.16. The molecule has 0 heterocycles. The summed E-state index contributed by atoms with van der Waals surface area (Å²) < 4.78 is 0. The van der Waals surface area contributed by atoms with Crippen molar-refractivity contribution in [3.8, 4) is 0 Å². The first-order chi connectivity index (χ1) is 13.3. The second-order valence-electron chi connectivity index (χ2n) is 9.86. The maximum atomic E-state index is 10.6. The van der Waals surface area contributed by atoms with Gasteiger partial charge >= 0.3 is 0 Å². The van der Waals surface area contributed by atoms with Gasteiger partial charge in [-0.2, -0.15) is 0 Å². The van der Waals surface area contributed by atoms with E-state index < -0.39 is 36.6 Å². The molecule has 6 nitrogen and oxygen atoms in total. The molecule has 0 radical (unpaired) electrons. The molecule has 0 aliphatic heterocycles. The van der Waals surface area contributed by atoms with Crippen LogP contribution in [-0.2, 0) is 0 Å². The Morgan fingerprint density at radius 1 is 0.571 bits per heavy atom. The third-order valence-corrected chi connectivity index (χ3v) is 7.82. The zero-order valence-corrected chi connectivity index (χ0v) is 16.9. The van der Waals surface area contributed by atoms with E-state index >= 15 is 0 Å². The Bertz CT molecular complexity index is 474. The number of hydrogen-bond acceptors (Lipinski definition) is 6. The van der Waals surface area contributed by atoms with Gasteiger partial charge < -0.3 is 30.6 Å². The normalized spacial score (nSPS) is 46.3. The molecule has 6 N–H and O–H groups in total. The molecule has 164 valence electrons. The SMILES string of the molecule is OC1CCC(CCC(CC2CCC(O)CC2O)C2CCC(O)CC2O)C(O)C1. The average molecular weight is 401 g/mol. The molecule has 3 saturated carbocycles. The standard InChI is InChI=1S/C22H40O6/c23-16-5-3-13(20(26)10-16)1-2-14(19-8-7-18(25)12-22(19)28)9-15-4-6-17(24)11-21(15)27/h13-28H,1-12H2. The van der Waals surface area contributed by atoms with Gasteiger partial charge in [0.2, 0.25) is 0 Å². The molecule has 3 rings (SSSR count). The Balaban J connectivity index is 1.62.